The molecular formula is C26H22ClF4N3S. The van der Waals surface area contributed by atoms with Crippen molar-refractivity contribution in [3.8, 4) is 0 Å². The lowest BCUT2D eigenvalue weighted by Crippen LogP contribution is -2.46. The number of hydrogen-bond donors (Lipinski definition) is 1. The van der Waals surface area contributed by atoms with Crippen LogP contribution in [0.2, 0.25) is 5.02 Å². The molecule has 2 aromatic heterocycles. The molecule has 2 aromatic carbocycles. The summed E-state index contributed by atoms with van der Waals surface area (Å²) in [4.78, 5) is 9.86. The third-order valence-corrected chi connectivity index (χ3v) is 7.04. The molecule has 3 nitrogen and oxygen atoms in total. The maximum atomic E-state index is 14.7. The first-order chi connectivity index (χ1) is 16.6. The lowest BCUT2D eigenvalue weighted by Gasteiger charge is -2.36. The summed E-state index contributed by atoms with van der Waals surface area (Å²) in [7, 11) is 0. The van der Waals surface area contributed by atoms with Crippen molar-refractivity contribution in [1.29, 1.82) is 0 Å². The van der Waals surface area contributed by atoms with Crippen LogP contribution >= 0.6 is 22.9 Å². The number of aryl methyl sites for hydroxylation is 2. The van der Waals surface area contributed by atoms with Gasteiger partial charge in [0.1, 0.15) is 5.82 Å². The molecule has 4 aromatic rings. The second-order valence-electron chi connectivity index (χ2n) is 8.25. The van der Waals surface area contributed by atoms with E-state index in [0.717, 1.165) is 33.3 Å². The number of halogens is 5. The van der Waals surface area contributed by atoms with Crippen LogP contribution in [0.15, 0.2) is 66.9 Å². The number of thiazole rings is 1. The van der Waals surface area contributed by atoms with Crippen LogP contribution < -0.4 is 5.32 Å². The van der Waals surface area contributed by atoms with E-state index in [2.05, 4.69) is 15.3 Å². The Balaban J connectivity index is 1.94. The van der Waals surface area contributed by atoms with E-state index >= 15 is 0 Å². The molecule has 1 N–H and O–H groups in total. The molecule has 0 fully saturated rings. The molecule has 0 aliphatic rings. The maximum Gasteiger partial charge on any atom is 0.416 e. The van der Waals surface area contributed by atoms with Gasteiger partial charge in [-0.25, -0.2) is 9.37 Å². The number of alkyl halides is 3. The highest BCUT2D eigenvalue weighted by atomic mass is 35.5. The molecule has 1 atom stereocenters. The zero-order chi connectivity index (χ0) is 25.2. The molecule has 9 heteroatoms. The lowest BCUT2D eigenvalue weighted by molar-refractivity contribution is -0.137. The van der Waals surface area contributed by atoms with Crippen LogP contribution in [0.4, 0.5) is 17.6 Å². The Kier molecular flexibility index (Phi) is 7.26. The van der Waals surface area contributed by atoms with E-state index in [0.29, 0.717) is 23.3 Å². The van der Waals surface area contributed by atoms with E-state index in [1.165, 1.54) is 17.5 Å². The fraction of sp³-hybridized carbons (Fsp3) is 0.231. The molecule has 0 aliphatic carbocycles. The highest BCUT2D eigenvalue weighted by Crippen LogP contribution is 2.38. The summed E-state index contributed by atoms with van der Waals surface area (Å²) in [5.74, 6) is -0.979. The Bertz CT molecular complexity index is 1310. The van der Waals surface area contributed by atoms with E-state index in [1.807, 2.05) is 44.2 Å². The molecule has 0 bridgehead atoms. The molecule has 0 saturated heterocycles. The van der Waals surface area contributed by atoms with Crippen molar-refractivity contribution in [2.45, 2.75) is 38.5 Å². The van der Waals surface area contributed by atoms with Gasteiger partial charge in [0.2, 0.25) is 0 Å². The minimum absolute atomic E-state index is 0.113. The minimum atomic E-state index is -4.71. The smallest absolute Gasteiger partial charge is 0.297 e. The van der Waals surface area contributed by atoms with Crippen molar-refractivity contribution in [3.63, 3.8) is 0 Å². The van der Waals surface area contributed by atoms with Crippen LogP contribution in [0.5, 0.6) is 0 Å². The van der Waals surface area contributed by atoms with Gasteiger partial charge in [0, 0.05) is 24.0 Å². The van der Waals surface area contributed by atoms with E-state index in [-0.39, 0.29) is 12.0 Å². The Labute approximate surface area is 209 Å². The van der Waals surface area contributed by atoms with Gasteiger partial charge in [-0.3, -0.25) is 10.3 Å². The van der Waals surface area contributed by atoms with Gasteiger partial charge in [0.05, 0.1) is 32.5 Å². The van der Waals surface area contributed by atoms with Gasteiger partial charge in [-0.15, -0.1) is 11.3 Å². The summed E-state index contributed by atoms with van der Waals surface area (Å²) >= 11 is 7.57. The summed E-state index contributed by atoms with van der Waals surface area (Å²) in [6.07, 6.45) is -3.06. The van der Waals surface area contributed by atoms with Crippen LogP contribution in [-0.4, -0.2) is 9.97 Å². The summed E-state index contributed by atoms with van der Waals surface area (Å²) in [5.41, 5.74) is -0.158. The normalized spacial score (nSPS) is 13.6. The molecule has 1 unspecified atom stereocenters. The predicted molar refractivity (Wildman–Crippen MR) is 130 cm³/mol. The van der Waals surface area contributed by atoms with Crippen LogP contribution in [0.3, 0.4) is 0 Å². The number of hydrogen-bond acceptors (Lipinski definition) is 4. The fourth-order valence-corrected chi connectivity index (χ4v) is 5.08. The molecular weight excluding hydrogens is 498 g/mol. The number of pyridine rings is 1. The summed E-state index contributed by atoms with van der Waals surface area (Å²) < 4.78 is 55.8. The molecule has 0 saturated carbocycles. The van der Waals surface area contributed by atoms with Gasteiger partial charge in [0.15, 0.2) is 0 Å². The van der Waals surface area contributed by atoms with Gasteiger partial charge in [-0.1, -0.05) is 41.9 Å². The van der Waals surface area contributed by atoms with Gasteiger partial charge in [-0.05, 0) is 55.3 Å². The first-order valence-corrected chi connectivity index (χ1v) is 12.0. The van der Waals surface area contributed by atoms with Crippen molar-refractivity contribution in [3.05, 3.63) is 116 Å². The Morgan fingerprint density at radius 1 is 0.971 bits per heavy atom. The topological polar surface area (TPSA) is 37.8 Å². The van der Waals surface area contributed by atoms with E-state index in [9.17, 15) is 17.6 Å². The van der Waals surface area contributed by atoms with Crippen molar-refractivity contribution < 1.29 is 17.6 Å². The second kappa shape index (κ2) is 10.0. The Morgan fingerprint density at radius 2 is 1.69 bits per heavy atom. The second-order valence-corrected chi connectivity index (χ2v) is 9.97. The molecule has 182 valence electrons. The number of nitrogens with zero attached hydrogens (tertiary/aromatic N) is 2. The van der Waals surface area contributed by atoms with Crippen LogP contribution in [-0.2, 0) is 24.7 Å². The summed E-state index contributed by atoms with van der Waals surface area (Å²) in [6.45, 7) is 4.07. The van der Waals surface area contributed by atoms with Gasteiger partial charge >= 0.3 is 6.18 Å². The molecule has 0 amide bonds. The largest absolute Gasteiger partial charge is 0.416 e. The van der Waals surface area contributed by atoms with Crippen molar-refractivity contribution in [2.75, 3.05) is 0 Å². The number of nitrogens with one attached hydrogen (secondary N) is 1. The molecule has 2 heterocycles. The summed E-state index contributed by atoms with van der Waals surface area (Å²) in [6, 6.07) is 15.2. The third kappa shape index (κ3) is 5.72. The molecule has 0 spiro atoms. The van der Waals surface area contributed by atoms with Crippen LogP contribution in [0, 0.1) is 19.7 Å². The lowest BCUT2D eigenvalue weighted by atomic mass is 9.79. The zero-order valence-electron chi connectivity index (χ0n) is 19.0. The van der Waals surface area contributed by atoms with Gasteiger partial charge in [-0.2, -0.15) is 13.2 Å². The predicted octanol–water partition coefficient (Wildman–Crippen LogP) is 7.24. The first kappa shape index (κ1) is 25.3. The van der Waals surface area contributed by atoms with Crippen LogP contribution in [0.1, 0.15) is 38.0 Å². The maximum absolute atomic E-state index is 14.7. The van der Waals surface area contributed by atoms with Gasteiger partial charge in [0.25, 0.3) is 0 Å². The zero-order valence-corrected chi connectivity index (χ0v) is 20.5. The Morgan fingerprint density at radius 3 is 2.29 bits per heavy atom. The SMILES string of the molecule is Cc1nc(C)c(CNC(Cc2ccccc2)(c2cc(F)cc(C(F)(F)F)c2)c2ccc(Cl)cn2)s1. The fourth-order valence-electron chi connectivity index (χ4n) is 4.09. The standard InChI is InChI=1S/C26H22ClF4N3S/c1-16-23(35-17(2)34-16)15-33-25(13-18-6-4-3-5-7-18,24-9-8-21(27)14-32-24)19-10-20(26(29,30)31)12-22(28)11-19/h3-12,14,33H,13,15H2,1-2H3. The highest BCUT2D eigenvalue weighted by molar-refractivity contribution is 7.11. The van der Waals surface area contributed by atoms with Crippen molar-refractivity contribution in [1.82, 2.24) is 15.3 Å². The van der Waals surface area contributed by atoms with E-state index in [4.69, 9.17) is 11.6 Å². The average molecular weight is 520 g/mol. The van der Waals surface area contributed by atoms with Crippen molar-refractivity contribution in [2.24, 2.45) is 0 Å². The van der Waals surface area contributed by atoms with E-state index < -0.39 is 23.1 Å². The van der Waals surface area contributed by atoms with Crippen molar-refractivity contribution >= 4 is 22.9 Å². The highest BCUT2D eigenvalue weighted by Gasteiger charge is 2.39. The van der Waals surface area contributed by atoms with Gasteiger partial charge < -0.3 is 0 Å². The number of rotatable bonds is 7. The van der Waals surface area contributed by atoms with Crippen LogP contribution in [0.25, 0.3) is 0 Å². The summed E-state index contributed by atoms with van der Waals surface area (Å²) in [5, 5.41) is 4.70. The average Bonchev–Trinajstić information content (AvgIpc) is 3.13. The first-order valence-electron chi connectivity index (χ1n) is 10.8. The quantitative estimate of drug-likeness (QED) is 0.261. The van der Waals surface area contributed by atoms with E-state index in [1.54, 1.807) is 12.1 Å². The Hall–Kier alpha value is -2.81. The minimum Gasteiger partial charge on any atom is -0.297 e. The molecule has 4 rings (SSSR count). The monoisotopic (exact) mass is 519 g/mol. The number of aromatic nitrogens is 2. The molecule has 0 aliphatic heterocycles. The third-order valence-electron chi connectivity index (χ3n) is 5.74. The molecule has 35 heavy (non-hydrogen) atoms. The number of benzene rings is 2. The molecule has 0 radical (unpaired) electrons.